The zero-order valence-corrected chi connectivity index (χ0v) is 9.65. The summed E-state index contributed by atoms with van der Waals surface area (Å²) in [4.78, 5) is 9.45. The topological polar surface area (TPSA) is 87.3 Å². The summed E-state index contributed by atoms with van der Waals surface area (Å²) in [5.41, 5.74) is 1.61. The normalized spacial score (nSPS) is 19.2. The van der Waals surface area contributed by atoms with Crippen molar-refractivity contribution in [1.82, 2.24) is 9.97 Å². The standard InChI is InChI=1S/C10H16FN5O/c1-10(17)2-4-16(5-3-10)8-7(11)6-13-9(14-8)15-12/h6,17H,2-5,12H2,1H3,(H,13,14,15). The quantitative estimate of drug-likeness (QED) is 0.508. The highest BCUT2D eigenvalue weighted by Crippen LogP contribution is 2.26. The van der Waals surface area contributed by atoms with Gasteiger partial charge in [-0.1, -0.05) is 0 Å². The molecule has 6 nitrogen and oxygen atoms in total. The van der Waals surface area contributed by atoms with Crippen LogP contribution in [0.1, 0.15) is 19.8 Å². The number of rotatable bonds is 2. The molecule has 17 heavy (non-hydrogen) atoms. The molecule has 0 saturated carbocycles. The van der Waals surface area contributed by atoms with Gasteiger partial charge in [-0.15, -0.1) is 0 Å². The number of nitrogens with one attached hydrogen (secondary N) is 1. The second kappa shape index (κ2) is 4.42. The molecule has 2 rings (SSSR count). The Kier molecular flexibility index (Phi) is 3.12. The maximum atomic E-state index is 13.6. The first kappa shape index (κ1) is 12.0. The number of nitrogens with two attached hydrogens (primary N) is 1. The number of piperidine rings is 1. The molecule has 1 aliphatic heterocycles. The molecule has 1 aromatic heterocycles. The Labute approximate surface area is 98.6 Å². The lowest BCUT2D eigenvalue weighted by Gasteiger charge is -2.36. The van der Waals surface area contributed by atoms with Crippen LogP contribution in [0.5, 0.6) is 0 Å². The van der Waals surface area contributed by atoms with Crippen molar-refractivity contribution in [2.45, 2.75) is 25.4 Å². The average molecular weight is 241 g/mol. The van der Waals surface area contributed by atoms with E-state index < -0.39 is 11.4 Å². The maximum absolute atomic E-state index is 13.6. The molecular weight excluding hydrogens is 225 g/mol. The molecule has 0 bridgehead atoms. The third-order valence-corrected chi connectivity index (χ3v) is 2.99. The molecule has 0 radical (unpaired) electrons. The van der Waals surface area contributed by atoms with E-state index in [0.717, 1.165) is 6.20 Å². The van der Waals surface area contributed by atoms with Gasteiger partial charge in [0, 0.05) is 13.1 Å². The van der Waals surface area contributed by atoms with Crippen LogP contribution in [0, 0.1) is 5.82 Å². The van der Waals surface area contributed by atoms with E-state index in [1.54, 1.807) is 11.8 Å². The van der Waals surface area contributed by atoms with Crippen molar-refractivity contribution in [3.05, 3.63) is 12.0 Å². The SMILES string of the molecule is CC1(O)CCN(c2nc(NN)ncc2F)CC1. The molecule has 1 aromatic rings. The fourth-order valence-electron chi connectivity index (χ4n) is 1.85. The van der Waals surface area contributed by atoms with E-state index in [1.807, 2.05) is 0 Å². The Bertz CT molecular complexity index is 402. The number of hydrogen-bond acceptors (Lipinski definition) is 6. The number of aromatic nitrogens is 2. The summed E-state index contributed by atoms with van der Waals surface area (Å²) in [5, 5.41) is 9.82. The van der Waals surface area contributed by atoms with E-state index in [0.29, 0.717) is 25.9 Å². The number of halogens is 1. The highest BCUT2D eigenvalue weighted by molar-refractivity contribution is 5.44. The second-order valence-electron chi connectivity index (χ2n) is 4.49. The second-order valence-corrected chi connectivity index (χ2v) is 4.49. The van der Waals surface area contributed by atoms with Crippen LogP contribution >= 0.6 is 0 Å². The molecule has 0 unspecified atom stereocenters. The minimum atomic E-state index is -0.672. The van der Waals surface area contributed by atoms with E-state index in [4.69, 9.17) is 5.84 Å². The first-order chi connectivity index (χ1) is 8.02. The molecule has 94 valence electrons. The number of nitrogen functional groups attached to an aromatic ring is 1. The summed E-state index contributed by atoms with van der Waals surface area (Å²) in [6.45, 7) is 2.91. The van der Waals surface area contributed by atoms with Gasteiger partial charge in [-0.2, -0.15) is 4.98 Å². The third kappa shape index (κ3) is 2.62. The lowest BCUT2D eigenvalue weighted by molar-refractivity contribution is 0.0349. The van der Waals surface area contributed by atoms with E-state index >= 15 is 0 Å². The molecule has 0 aliphatic carbocycles. The Hall–Kier alpha value is -1.47. The van der Waals surface area contributed by atoms with Gasteiger partial charge >= 0.3 is 0 Å². The van der Waals surface area contributed by atoms with Gasteiger partial charge < -0.3 is 10.0 Å². The summed E-state index contributed by atoms with van der Waals surface area (Å²) in [5.74, 6) is 5.11. The van der Waals surface area contributed by atoms with Crippen LogP contribution in [-0.4, -0.2) is 33.8 Å². The smallest absolute Gasteiger partial charge is 0.239 e. The predicted octanol–water partition coefficient (Wildman–Crippen LogP) is 0.252. The average Bonchev–Trinajstić information content (AvgIpc) is 2.30. The zero-order valence-electron chi connectivity index (χ0n) is 9.65. The Morgan fingerprint density at radius 3 is 2.76 bits per heavy atom. The largest absolute Gasteiger partial charge is 0.390 e. The summed E-state index contributed by atoms with van der Waals surface area (Å²) in [7, 11) is 0. The Morgan fingerprint density at radius 2 is 2.18 bits per heavy atom. The molecule has 0 atom stereocenters. The van der Waals surface area contributed by atoms with Gasteiger partial charge in [0.15, 0.2) is 11.6 Å². The molecule has 7 heteroatoms. The van der Waals surface area contributed by atoms with Gasteiger partial charge in [-0.3, -0.25) is 5.43 Å². The van der Waals surface area contributed by atoms with Gasteiger partial charge in [0.1, 0.15) is 0 Å². The highest BCUT2D eigenvalue weighted by Gasteiger charge is 2.29. The molecule has 4 N–H and O–H groups in total. The van der Waals surface area contributed by atoms with Crippen molar-refractivity contribution < 1.29 is 9.50 Å². The first-order valence-corrected chi connectivity index (χ1v) is 5.48. The number of hydrogen-bond donors (Lipinski definition) is 3. The van der Waals surface area contributed by atoms with Crippen molar-refractivity contribution >= 4 is 11.8 Å². The first-order valence-electron chi connectivity index (χ1n) is 5.48. The van der Waals surface area contributed by atoms with Crippen LogP contribution < -0.4 is 16.2 Å². The molecule has 0 aromatic carbocycles. The Balaban J connectivity index is 2.17. The van der Waals surface area contributed by atoms with Gasteiger partial charge in [-0.05, 0) is 19.8 Å². The maximum Gasteiger partial charge on any atom is 0.239 e. The van der Waals surface area contributed by atoms with E-state index in [2.05, 4.69) is 15.4 Å². The minimum absolute atomic E-state index is 0.179. The van der Waals surface area contributed by atoms with Crippen LogP contribution in [0.3, 0.4) is 0 Å². The van der Waals surface area contributed by atoms with Crippen molar-refractivity contribution in [3.63, 3.8) is 0 Å². The van der Waals surface area contributed by atoms with Gasteiger partial charge in [0.2, 0.25) is 5.95 Å². The van der Waals surface area contributed by atoms with Crippen molar-refractivity contribution in [2.24, 2.45) is 5.84 Å². The van der Waals surface area contributed by atoms with Crippen LogP contribution in [-0.2, 0) is 0 Å². The number of anilines is 2. The zero-order chi connectivity index (χ0) is 12.5. The lowest BCUT2D eigenvalue weighted by atomic mass is 9.94. The van der Waals surface area contributed by atoms with Crippen LogP contribution in [0.2, 0.25) is 0 Å². The van der Waals surface area contributed by atoms with E-state index in [9.17, 15) is 9.50 Å². The molecule has 1 fully saturated rings. The highest BCUT2D eigenvalue weighted by atomic mass is 19.1. The van der Waals surface area contributed by atoms with Crippen LogP contribution in [0.4, 0.5) is 16.2 Å². The van der Waals surface area contributed by atoms with Crippen molar-refractivity contribution in [1.29, 1.82) is 0 Å². The van der Waals surface area contributed by atoms with Gasteiger partial charge in [-0.25, -0.2) is 15.2 Å². The summed E-state index contributed by atoms with van der Waals surface area (Å²) in [6.07, 6.45) is 2.26. The summed E-state index contributed by atoms with van der Waals surface area (Å²) >= 11 is 0. The molecule has 0 spiro atoms. The molecule has 1 aliphatic rings. The van der Waals surface area contributed by atoms with Crippen LogP contribution in [0.25, 0.3) is 0 Å². The van der Waals surface area contributed by atoms with E-state index in [1.165, 1.54) is 0 Å². The number of nitrogens with zero attached hydrogens (tertiary/aromatic N) is 3. The van der Waals surface area contributed by atoms with Crippen molar-refractivity contribution in [2.75, 3.05) is 23.4 Å². The van der Waals surface area contributed by atoms with Crippen LogP contribution in [0.15, 0.2) is 6.20 Å². The lowest BCUT2D eigenvalue weighted by Crippen LogP contribution is -2.43. The fourth-order valence-corrected chi connectivity index (χ4v) is 1.85. The van der Waals surface area contributed by atoms with E-state index in [-0.39, 0.29) is 11.8 Å². The third-order valence-electron chi connectivity index (χ3n) is 2.99. The monoisotopic (exact) mass is 241 g/mol. The minimum Gasteiger partial charge on any atom is -0.390 e. The van der Waals surface area contributed by atoms with Gasteiger partial charge in [0.25, 0.3) is 0 Å². The van der Waals surface area contributed by atoms with Crippen molar-refractivity contribution in [3.8, 4) is 0 Å². The summed E-state index contributed by atoms with van der Waals surface area (Å²) < 4.78 is 13.6. The van der Waals surface area contributed by atoms with Gasteiger partial charge in [0.05, 0.1) is 11.8 Å². The number of aliphatic hydroxyl groups is 1. The predicted molar refractivity (Wildman–Crippen MR) is 61.9 cm³/mol. The molecular formula is C10H16FN5O. The number of hydrazine groups is 1. The molecule has 2 heterocycles. The summed E-state index contributed by atoms with van der Waals surface area (Å²) in [6, 6.07) is 0. The fraction of sp³-hybridized carbons (Fsp3) is 0.600. The Morgan fingerprint density at radius 1 is 1.53 bits per heavy atom. The molecule has 0 amide bonds. The molecule has 1 saturated heterocycles.